The number of esters is 1. The molecule has 0 aromatic heterocycles. The summed E-state index contributed by atoms with van der Waals surface area (Å²) < 4.78 is 10.2. The molecule has 1 aromatic carbocycles. The van der Waals surface area contributed by atoms with Crippen LogP contribution in [0.4, 0.5) is 10.5 Å². The second-order valence-electron chi connectivity index (χ2n) is 7.57. The predicted molar refractivity (Wildman–Crippen MR) is 104 cm³/mol. The van der Waals surface area contributed by atoms with E-state index in [1.165, 1.54) is 6.92 Å². The second kappa shape index (κ2) is 9.39. The SMILES string of the molecule is Cc1cc(C)c(NC(=O)[C@@H](C)OC(=O)CCNC(=O)OC(C)(C)C)c(C)c1. The Hall–Kier alpha value is -2.57. The van der Waals surface area contributed by atoms with Gasteiger partial charge < -0.3 is 20.1 Å². The van der Waals surface area contributed by atoms with Gasteiger partial charge in [-0.2, -0.15) is 0 Å². The van der Waals surface area contributed by atoms with Gasteiger partial charge >= 0.3 is 12.1 Å². The van der Waals surface area contributed by atoms with Crippen LogP contribution >= 0.6 is 0 Å². The largest absolute Gasteiger partial charge is 0.452 e. The molecule has 7 heteroatoms. The Morgan fingerprint density at radius 1 is 1.07 bits per heavy atom. The van der Waals surface area contributed by atoms with Gasteiger partial charge in [0.25, 0.3) is 5.91 Å². The van der Waals surface area contributed by atoms with Gasteiger partial charge in [-0.1, -0.05) is 17.7 Å². The number of hydrogen-bond donors (Lipinski definition) is 2. The quantitative estimate of drug-likeness (QED) is 0.740. The molecular weight excluding hydrogens is 348 g/mol. The predicted octanol–water partition coefficient (Wildman–Crippen LogP) is 3.40. The Morgan fingerprint density at radius 3 is 2.15 bits per heavy atom. The van der Waals surface area contributed by atoms with Gasteiger partial charge in [0.1, 0.15) is 5.60 Å². The van der Waals surface area contributed by atoms with Gasteiger partial charge in [-0.05, 0) is 59.6 Å². The molecule has 0 fully saturated rings. The Balaban J connectivity index is 2.47. The minimum absolute atomic E-state index is 0.0561. The van der Waals surface area contributed by atoms with E-state index in [0.717, 1.165) is 22.4 Å². The number of carbonyl (C=O) groups is 3. The molecule has 0 radical (unpaired) electrons. The normalized spacial score (nSPS) is 12.1. The molecule has 0 heterocycles. The highest BCUT2D eigenvalue weighted by Gasteiger charge is 2.20. The van der Waals surface area contributed by atoms with E-state index in [4.69, 9.17) is 9.47 Å². The number of aryl methyl sites for hydroxylation is 3. The smallest absolute Gasteiger partial charge is 0.407 e. The van der Waals surface area contributed by atoms with E-state index >= 15 is 0 Å². The average molecular weight is 378 g/mol. The van der Waals surface area contributed by atoms with Crippen LogP contribution in [0.5, 0.6) is 0 Å². The molecular formula is C20H30N2O5. The molecule has 0 saturated carbocycles. The summed E-state index contributed by atoms with van der Waals surface area (Å²) in [6.07, 6.45) is -1.61. The van der Waals surface area contributed by atoms with Crippen molar-refractivity contribution in [2.45, 2.75) is 66.6 Å². The number of rotatable bonds is 6. The molecule has 0 spiro atoms. The number of alkyl carbamates (subject to hydrolysis) is 1. The fourth-order valence-electron chi connectivity index (χ4n) is 2.49. The summed E-state index contributed by atoms with van der Waals surface area (Å²) in [6, 6.07) is 3.95. The van der Waals surface area contributed by atoms with Gasteiger partial charge in [-0.3, -0.25) is 9.59 Å². The molecule has 1 atom stereocenters. The van der Waals surface area contributed by atoms with E-state index in [0.29, 0.717) is 0 Å². The molecule has 150 valence electrons. The maximum Gasteiger partial charge on any atom is 0.407 e. The van der Waals surface area contributed by atoms with Gasteiger partial charge in [-0.25, -0.2) is 4.79 Å². The number of ether oxygens (including phenoxy) is 2. The van der Waals surface area contributed by atoms with Crippen molar-refractivity contribution in [3.63, 3.8) is 0 Å². The summed E-state index contributed by atoms with van der Waals surface area (Å²) in [5, 5.41) is 5.28. The van der Waals surface area contributed by atoms with Crippen LogP contribution in [-0.2, 0) is 19.1 Å². The van der Waals surface area contributed by atoms with Crippen LogP contribution in [0.2, 0.25) is 0 Å². The summed E-state index contributed by atoms with van der Waals surface area (Å²) in [5.41, 5.74) is 3.12. The number of carbonyl (C=O) groups excluding carboxylic acids is 3. The Kier molecular flexibility index (Phi) is 7.82. The zero-order valence-electron chi connectivity index (χ0n) is 17.2. The molecule has 1 rings (SSSR count). The molecule has 0 unspecified atom stereocenters. The summed E-state index contributed by atoms with van der Waals surface area (Å²) >= 11 is 0. The lowest BCUT2D eigenvalue weighted by Gasteiger charge is -2.19. The molecule has 1 aromatic rings. The fourth-order valence-corrected chi connectivity index (χ4v) is 2.49. The minimum Gasteiger partial charge on any atom is -0.452 e. The zero-order valence-corrected chi connectivity index (χ0v) is 17.2. The van der Waals surface area contributed by atoms with Crippen molar-refractivity contribution >= 4 is 23.7 Å². The molecule has 0 aliphatic rings. The fraction of sp³-hybridized carbons (Fsp3) is 0.550. The van der Waals surface area contributed by atoms with Gasteiger partial charge in [0, 0.05) is 12.2 Å². The lowest BCUT2D eigenvalue weighted by atomic mass is 10.0. The maximum atomic E-state index is 12.3. The first-order valence-corrected chi connectivity index (χ1v) is 8.94. The van der Waals surface area contributed by atoms with Crippen molar-refractivity contribution in [2.24, 2.45) is 0 Å². The number of hydrogen-bond acceptors (Lipinski definition) is 5. The molecule has 0 saturated heterocycles. The van der Waals surface area contributed by atoms with E-state index in [-0.39, 0.29) is 13.0 Å². The van der Waals surface area contributed by atoms with E-state index in [1.807, 2.05) is 32.9 Å². The average Bonchev–Trinajstić information content (AvgIpc) is 2.48. The molecule has 7 nitrogen and oxygen atoms in total. The van der Waals surface area contributed by atoms with Crippen LogP contribution in [0.1, 0.15) is 50.8 Å². The topological polar surface area (TPSA) is 93.7 Å². The lowest BCUT2D eigenvalue weighted by Crippen LogP contribution is -2.35. The number of benzene rings is 1. The second-order valence-corrected chi connectivity index (χ2v) is 7.57. The van der Waals surface area contributed by atoms with Gasteiger partial charge in [-0.15, -0.1) is 0 Å². The molecule has 0 aliphatic carbocycles. The Bertz CT molecular complexity index is 684. The van der Waals surface area contributed by atoms with E-state index in [2.05, 4.69) is 10.6 Å². The highest BCUT2D eigenvalue weighted by Crippen LogP contribution is 2.22. The van der Waals surface area contributed by atoms with E-state index in [1.54, 1.807) is 20.8 Å². The number of anilines is 1. The third-order valence-corrected chi connectivity index (χ3v) is 3.60. The first kappa shape index (κ1) is 22.5. The standard InChI is InChI=1S/C20H30N2O5/c1-12-10-13(2)17(14(3)11-12)22-18(24)15(4)26-16(23)8-9-21-19(25)27-20(5,6)7/h10-11,15H,8-9H2,1-7H3,(H,21,25)(H,22,24)/t15-/m1/s1. The van der Waals surface area contributed by atoms with Crippen molar-refractivity contribution in [1.82, 2.24) is 5.32 Å². The summed E-state index contributed by atoms with van der Waals surface area (Å²) in [4.78, 5) is 35.7. The van der Waals surface area contributed by atoms with Crippen molar-refractivity contribution in [1.29, 1.82) is 0 Å². The van der Waals surface area contributed by atoms with Crippen molar-refractivity contribution in [2.75, 3.05) is 11.9 Å². The molecule has 0 aliphatic heterocycles. The number of amides is 2. The Labute approximate surface area is 160 Å². The number of nitrogens with one attached hydrogen (secondary N) is 2. The summed E-state index contributed by atoms with van der Waals surface area (Å²) in [6.45, 7) is 12.6. The molecule has 2 amide bonds. The van der Waals surface area contributed by atoms with Gasteiger partial charge in [0.05, 0.1) is 6.42 Å². The van der Waals surface area contributed by atoms with Crippen molar-refractivity contribution < 1.29 is 23.9 Å². The third-order valence-electron chi connectivity index (χ3n) is 3.60. The van der Waals surface area contributed by atoms with Crippen LogP contribution in [0.15, 0.2) is 12.1 Å². The van der Waals surface area contributed by atoms with Crippen LogP contribution in [0.25, 0.3) is 0 Å². The molecule has 27 heavy (non-hydrogen) atoms. The third kappa shape index (κ3) is 8.11. The highest BCUT2D eigenvalue weighted by atomic mass is 16.6. The Morgan fingerprint density at radius 2 is 1.63 bits per heavy atom. The molecule has 0 bridgehead atoms. The highest BCUT2D eigenvalue weighted by molar-refractivity contribution is 5.96. The van der Waals surface area contributed by atoms with Crippen molar-refractivity contribution in [3.8, 4) is 0 Å². The van der Waals surface area contributed by atoms with Crippen molar-refractivity contribution in [3.05, 3.63) is 28.8 Å². The molecule has 2 N–H and O–H groups in total. The summed E-state index contributed by atoms with van der Waals surface area (Å²) in [7, 11) is 0. The monoisotopic (exact) mass is 378 g/mol. The lowest BCUT2D eigenvalue weighted by molar-refractivity contribution is -0.153. The van der Waals surface area contributed by atoms with E-state index < -0.39 is 29.7 Å². The zero-order chi connectivity index (χ0) is 20.8. The first-order valence-electron chi connectivity index (χ1n) is 8.94. The van der Waals surface area contributed by atoms with Gasteiger partial charge in [0.15, 0.2) is 6.10 Å². The first-order chi connectivity index (χ1) is 12.4. The maximum absolute atomic E-state index is 12.3. The van der Waals surface area contributed by atoms with Crippen LogP contribution < -0.4 is 10.6 Å². The van der Waals surface area contributed by atoms with Crippen LogP contribution in [0.3, 0.4) is 0 Å². The van der Waals surface area contributed by atoms with E-state index in [9.17, 15) is 14.4 Å². The van der Waals surface area contributed by atoms with Crippen LogP contribution in [0, 0.1) is 20.8 Å². The summed E-state index contributed by atoms with van der Waals surface area (Å²) in [5.74, 6) is -0.982. The van der Waals surface area contributed by atoms with Crippen LogP contribution in [-0.4, -0.2) is 36.2 Å². The minimum atomic E-state index is -0.945. The van der Waals surface area contributed by atoms with Gasteiger partial charge in [0.2, 0.25) is 0 Å².